The Kier molecular flexibility index (Phi) is 17.8. The molecule has 0 aliphatic rings. The fourth-order valence-corrected chi connectivity index (χ4v) is 2.26. The van der Waals surface area contributed by atoms with Gasteiger partial charge in [-0.05, 0) is 37.1 Å². The molecule has 28 heavy (non-hydrogen) atoms. The van der Waals surface area contributed by atoms with E-state index in [1.54, 1.807) is 0 Å². The summed E-state index contributed by atoms with van der Waals surface area (Å²) < 4.78 is 0. The zero-order valence-electron chi connectivity index (χ0n) is 17.2. The monoisotopic (exact) mass is 388 g/mol. The number of unbranched alkanes of at least 4 members (excludes halogenated alkanes) is 2. The molecule has 0 spiro atoms. The van der Waals surface area contributed by atoms with Gasteiger partial charge in [-0.15, -0.1) is 0 Å². The number of nitrogens with one attached hydrogen (secondary N) is 2. The van der Waals surface area contributed by atoms with Gasteiger partial charge in [0.25, 0.3) is 0 Å². The van der Waals surface area contributed by atoms with E-state index in [-0.39, 0.29) is 0 Å². The van der Waals surface area contributed by atoms with Crippen LogP contribution in [0.1, 0.15) is 50.7 Å². The first-order valence-electron chi connectivity index (χ1n) is 10.0. The normalized spacial score (nSPS) is 9.50. The summed E-state index contributed by atoms with van der Waals surface area (Å²) in [6.45, 7) is 8.69. The summed E-state index contributed by atoms with van der Waals surface area (Å²) in [6.07, 6.45) is 3.24. The Balaban J connectivity index is 0.000000439. The van der Waals surface area contributed by atoms with Crippen LogP contribution in [0.15, 0.2) is 60.7 Å². The molecular formula is C23H36N2O3. The van der Waals surface area contributed by atoms with Crippen LogP contribution in [0.5, 0.6) is 0 Å². The minimum absolute atomic E-state index is 1.00. The molecule has 0 aromatic heterocycles. The quantitative estimate of drug-likeness (QED) is 0.411. The van der Waals surface area contributed by atoms with Crippen molar-refractivity contribution in [2.24, 2.45) is 0 Å². The summed E-state index contributed by atoms with van der Waals surface area (Å²) in [6, 6.07) is 21.0. The third-order valence-corrected chi connectivity index (χ3v) is 3.76. The van der Waals surface area contributed by atoms with Crippen LogP contribution in [0.3, 0.4) is 0 Å². The first-order valence-corrected chi connectivity index (χ1v) is 10.0. The molecule has 0 amide bonds. The molecule has 0 bridgehead atoms. The van der Waals surface area contributed by atoms with Crippen molar-refractivity contribution >= 4 is 6.16 Å². The van der Waals surface area contributed by atoms with Gasteiger partial charge in [0.15, 0.2) is 0 Å². The molecule has 0 saturated carbocycles. The molecule has 5 nitrogen and oxygen atoms in total. The minimum Gasteiger partial charge on any atom is -0.450 e. The van der Waals surface area contributed by atoms with Crippen molar-refractivity contribution in [1.82, 2.24) is 10.6 Å². The molecule has 0 aliphatic heterocycles. The lowest BCUT2D eigenvalue weighted by atomic mass is 10.2. The van der Waals surface area contributed by atoms with E-state index < -0.39 is 6.16 Å². The second-order valence-corrected chi connectivity index (χ2v) is 6.31. The van der Waals surface area contributed by atoms with Crippen LogP contribution in [-0.4, -0.2) is 29.5 Å². The van der Waals surface area contributed by atoms with Gasteiger partial charge in [-0.1, -0.05) is 87.4 Å². The van der Waals surface area contributed by atoms with Gasteiger partial charge in [-0.3, -0.25) is 0 Å². The molecule has 0 heterocycles. The SMILES string of the molecule is CCCCNCc1ccccc1.CCCCNCc1ccccc1.O=C(O)O. The van der Waals surface area contributed by atoms with E-state index in [9.17, 15) is 0 Å². The maximum atomic E-state index is 8.56. The van der Waals surface area contributed by atoms with Gasteiger partial charge in [-0.25, -0.2) is 4.79 Å². The molecule has 0 fully saturated rings. The molecule has 156 valence electrons. The Morgan fingerprint density at radius 3 is 1.32 bits per heavy atom. The van der Waals surface area contributed by atoms with Gasteiger partial charge < -0.3 is 20.8 Å². The van der Waals surface area contributed by atoms with E-state index in [2.05, 4.69) is 85.1 Å². The average molecular weight is 389 g/mol. The summed E-state index contributed by atoms with van der Waals surface area (Å²) in [7, 11) is 0. The molecule has 4 N–H and O–H groups in total. The molecular weight excluding hydrogens is 352 g/mol. The Bertz CT molecular complexity index is 525. The van der Waals surface area contributed by atoms with E-state index >= 15 is 0 Å². The minimum atomic E-state index is -1.83. The summed E-state index contributed by atoms with van der Waals surface area (Å²) in [5.41, 5.74) is 2.74. The maximum absolute atomic E-state index is 8.56. The van der Waals surface area contributed by atoms with E-state index in [0.717, 1.165) is 26.2 Å². The van der Waals surface area contributed by atoms with Gasteiger partial charge >= 0.3 is 6.16 Å². The standard InChI is InChI=1S/2C11H17N.CH2O3/c2*1-2-3-9-12-10-11-7-5-4-6-8-11;2-1(3)4/h2*4-8,12H,2-3,9-10H2,1H3;(H2,2,3,4). The largest absolute Gasteiger partial charge is 0.503 e. The van der Waals surface area contributed by atoms with Crippen LogP contribution >= 0.6 is 0 Å². The predicted octanol–water partition coefficient (Wildman–Crippen LogP) is 5.38. The molecule has 2 aromatic rings. The van der Waals surface area contributed by atoms with Crippen molar-refractivity contribution < 1.29 is 15.0 Å². The summed E-state index contributed by atoms with van der Waals surface area (Å²) in [4.78, 5) is 8.56. The van der Waals surface area contributed by atoms with Gasteiger partial charge in [0.2, 0.25) is 0 Å². The summed E-state index contributed by atoms with van der Waals surface area (Å²) in [5, 5.41) is 20.7. The van der Waals surface area contributed by atoms with Crippen molar-refractivity contribution in [3.63, 3.8) is 0 Å². The number of carbonyl (C=O) groups is 1. The van der Waals surface area contributed by atoms with Gasteiger partial charge in [0.05, 0.1) is 0 Å². The Morgan fingerprint density at radius 1 is 0.714 bits per heavy atom. The highest BCUT2D eigenvalue weighted by Crippen LogP contribution is 1.98. The van der Waals surface area contributed by atoms with Crippen LogP contribution in [0.25, 0.3) is 0 Å². The topological polar surface area (TPSA) is 81.6 Å². The Morgan fingerprint density at radius 2 is 1.04 bits per heavy atom. The van der Waals surface area contributed by atoms with Crippen molar-refractivity contribution in [2.45, 2.75) is 52.6 Å². The first-order chi connectivity index (χ1) is 13.6. The molecule has 0 radical (unpaired) electrons. The maximum Gasteiger partial charge on any atom is 0.503 e. The lowest BCUT2D eigenvalue weighted by molar-refractivity contribution is 0.137. The van der Waals surface area contributed by atoms with Crippen LogP contribution in [0.2, 0.25) is 0 Å². The molecule has 2 aromatic carbocycles. The third-order valence-electron chi connectivity index (χ3n) is 3.76. The molecule has 0 aliphatic carbocycles. The lowest BCUT2D eigenvalue weighted by Crippen LogP contribution is -2.14. The molecule has 0 atom stereocenters. The number of benzene rings is 2. The molecule has 2 rings (SSSR count). The first kappa shape index (κ1) is 25.6. The molecule has 5 heteroatoms. The van der Waals surface area contributed by atoms with Crippen LogP contribution in [0, 0.1) is 0 Å². The van der Waals surface area contributed by atoms with Crippen LogP contribution in [0.4, 0.5) is 4.79 Å². The fourth-order valence-electron chi connectivity index (χ4n) is 2.26. The van der Waals surface area contributed by atoms with E-state index in [0.29, 0.717) is 0 Å². The van der Waals surface area contributed by atoms with Crippen molar-refractivity contribution in [2.75, 3.05) is 13.1 Å². The number of hydrogen-bond donors (Lipinski definition) is 4. The smallest absolute Gasteiger partial charge is 0.450 e. The number of carboxylic acid groups (broad SMARTS) is 2. The van der Waals surface area contributed by atoms with Crippen LogP contribution < -0.4 is 10.6 Å². The predicted molar refractivity (Wildman–Crippen MR) is 117 cm³/mol. The van der Waals surface area contributed by atoms with Gasteiger partial charge in [0, 0.05) is 13.1 Å². The van der Waals surface area contributed by atoms with Crippen molar-refractivity contribution in [3.8, 4) is 0 Å². The highest BCUT2D eigenvalue weighted by molar-refractivity contribution is 5.53. The third kappa shape index (κ3) is 18.4. The van der Waals surface area contributed by atoms with Crippen molar-refractivity contribution in [1.29, 1.82) is 0 Å². The van der Waals surface area contributed by atoms with Gasteiger partial charge in [-0.2, -0.15) is 0 Å². The zero-order chi connectivity index (χ0) is 20.9. The molecule has 0 unspecified atom stereocenters. The number of hydrogen-bond acceptors (Lipinski definition) is 3. The Labute approximate surface area is 169 Å². The summed E-state index contributed by atoms with van der Waals surface area (Å²) >= 11 is 0. The highest BCUT2D eigenvalue weighted by Gasteiger charge is 1.89. The lowest BCUT2D eigenvalue weighted by Gasteiger charge is -2.02. The van der Waals surface area contributed by atoms with Gasteiger partial charge in [0.1, 0.15) is 0 Å². The highest BCUT2D eigenvalue weighted by atomic mass is 16.6. The molecule has 0 saturated heterocycles. The fraction of sp³-hybridized carbons (Fsp3) is 0.435. The van der Waals surface area contributed by atoms with Crippen LogP contribution in [-0.2, 0) is 13.1 Å². The van der Waals surface area contributed by atoms with E-state index in [4.69, 9.17) is 15.0 Å². The average Bonchev–Trinajstić information content (AvgIpc) is 2.70. The zero-order valence-corrected chi connectivity index (χ0v) is 17.2. The van der Waals surface area contributed by atoms with E-state index in [1.165, 1.54) is 36.8 Å². The Hall–Kier alpha value is -2.37. The van der Waals surface area contributed by atoms with Crippen molar-refractivity contribution in [3.05, 3.63) is 71.8 Å². The second kappa shape index (κ2) is 19.4. The second-order valence-electron chi connectivity index (χ2n) is 6.31. The summed E-state index contributed by atoms with van der Waals surface area (Å²) in [5.74, 6) is 0. The number of rotatable bonds is 10. The van der Waals surface area contributed by atoms with E-state index in [1.807, 2.05) is 0 Å².